The molecule has 1 heterocycles. The molecule has 0 radical (unpaired) electrons. The minimum atomic E-state index is -3.50. The average molecular weight is 276 g/mol. The fraction of sp³-hybridized carbons (Fsp3) is 0.909. The van der Waals surface area contributed by atoms with Gasteiger partial charge >= 0.3 is 5.97 Å². The fourth-order valence-electron chi connectivity index (χ4n) is 2.25. The Labute approximate surface area is 108 Å². The van der Waals surface area contributed by atoms with Gasteiger partial charge in [0.25, 0.3) is 10.2 Å². The molecule has 1 saturated carbocycles. The SMILES string of the molecule is CN(CC1CC1)S(=O)(=O)N1CCC(C)(C(=O)O)C1. The van der Waals surface area contributed by atoms with Crippen molar-refractivity contribution in [1.82, 2.24) is 8.61 Å². The van der Waals surface area contributed by atoms with Crippen LogP contribution in [0.15, 0.2) is 0 Å². The highest BCUT2D eigenvalue weighted by atomic mass is 32.2. The van der Waals surface area contributed by atoms with E-state index in [0.29, 0.717) is 25.4 Å². The van der Waals surface area contributed by atoms with Gasteiger partial charge in [0.1, 0.15) is 0 Å². The summed E-state index contributed by atoms with van der Waals surface area (Å²) in [4.78, 5) is 11.1. The first-order chi connectivity index (χ1) is 8.25. The van der Waals surface area contributed by atoms with Crippen LogP contribution in [0.1, 0.15) is 26.2 Å². The maximum absolute atomic E-state index is 12.3. The van der Waals surface area contributed by atoms with Crippen LogP contribution in [0.5, 0.6) is 0 Å². The van der Waals surface area contributed by atoms with Gasteiger partial charge < -0.3 is 5.11 Å². The van der Waals surface area contributed by atoms with E-state index in [1.54, 1.807) is 14.0 Å². The first-order valence-electron chi connectivity index (χ1n) is 6.20. The largest absolute Gasteiger partial charge is 0.481 e. The molecule has 0 aromatic carbocycles. The molecule has 0 aromatic heterocycles. The number of rotatable bonds is 5. The van der Waals surface area contributed by atoms with Gasteiger partial charge in [-0.05, 0) is 32.1 Å². The fourth-order valence-corrected chi connectivity index (χ4v) is 3.81. The van der Waals surface area contributed by atoms with Gasteiger partial charge in [0.2, 0.25) is 0 Å². The Balaban J connectivity index is 2.05. The van der Waals surface area contributed by atoms with E-state index in [4.69, 9.17) is 5.11 Å². The van der Waals surface area contributed by atoms with Gasteiger partial charge in [-0.25, -0.2) is 0 Å². The van der Waals surface area contributed by atoms with Crippen LogP contribution in [0.2, 0.25) is 0 Å². The molecule has 2 rings (SSSR count). The summed E-state index contributed by atoms with van der Waals surface area (Å²) in [5.74, 6) is -0.441. The topological polar surface area (TPSA) is 77.9 Å². The molecule has 1 saturated heterocycles. The van der Waals surface area contributed by atoms with Gasteiger partial charge in [-0.2, -0.15) is 17.0 Å². The van der Waals surface area contributed by atoms with Crippen LogP contribution < -0.4 is 0 Å². The molecule has 1 aliphatic heterocycles. The van der Waals surface area contributed by atoms with Crippen LogP contribution in [0.3, 0.4) is 0 Å². The van der Waals surface area contributed by atoms with Crippen LogP contribution in [-0.2, 0) is 15.0 Å². The van der Waals surface area contributed by atoms with Crippen LogP contribution in [0.4, 0.5) is 0 Å². The van der Waals surface area contributed by atoms with Crippen molar-refractivity contribution in [1.29, 1.82) is 0 Å². The second-order valence-corrected chi connectivity index (χ2v) is 7.72. The minimum Gasteiger partial charge on any atom is -0.481 e. The van der Waals surface area contributed by atoms with Crippen LogP contribution in [0.25, 0.3) is 0 Å². The maximum atomic E-state index is 12.3. The minimum absolute atomic E-state index is 0.0691. The standard InChI is InChI=1S/C11H20N2O4S/c1-11(10(14)15)5-6-13(8-11)18(16,17)12(2)7-9-3-4-9/h9H,3-8H2,1-2H3,(H,14,15). The van der Waals surface area contributed by atoms with Gasteiger partial charge in [-0.15, -0.1) is 0 Å². The van der Waals surface area contributed by atoms with Gasteiger partial charge in [-0.1, -0.05) is 0 Å². The third-order valence-electron chi connectivity index (χ3n) is 3.89. The lowest BCUT2D eigenvalue weighted by Crippen LogP contribution is -2.43. The van der Waals surface area contributed by atoms with Crippen LogP contribution >= 0.6 is 0 Å². The highest BCUT2D eigenvalue weighted by Gasteiger charge is 2.45. The Kier molecular flexibility index (Phi) is 3.42. The number of carboxylic acid groups (broad SMARTS) is 1. The Morgan fingerprint density at radius 2 is 2.11 bits per heavy atom. The third kappa shape index (κ3) is 2.53. The van der Waals surface area contributed by atoms with E-state index >= 15 is 0 Å². The van der Waals surface area contributed by atoms with Gasteiger partial charge in [0.15, 0.2) is 0 Å². The molecule has 0 amide bonds. The van der Waals surface area contributed by atoms with Crippen molar-refractivity contribution in [3.8, 4) is 0 Å². The summed E-state index contributed by atoms with van der Waals surface area (Å²) in [6, 6.07) is 0. The molecule has 6 nitrogen and oxygen atoms in total. The van der Waals surface area contributed by atoms with Crippen molar-refractivity contribution >= 4 is 16.2 Å². The van der Waals surface area contributed by atoms with Crippen molar-refractivity contribution in [2.24, 2.45) is 11.3 Å². The Hall–Kier alpha value is -0.660. The van der Waals surface area contributed by atoms with E-state index in [0.717, 1.165) is 12.8 Å². The van der Waals surface area contributed by atoms with Gasteiger partial charge in [0.05, 0.1) is 5.41 Å². The molecule has 2 aliphatic rings. The molecule has 0 aromatic rings. The number of carbonyl (C=O) groups is 1. The highest BCUT2D eigenvalue weighted by molar-refractivity contribution is 7.86. The molecule has 18 heavy (non-hydrogen) atoms. The molecular formula is C11H20N2O4S. The summed E-state index contributed by atoms with van der Waals surface area (Å²) in [6.07, 6.45) is 2.55. The molecule has 0 bridgehead atoms. The monoisotopic (exact) mass is 276 g/mol. The molecular weight excluding hydrogens is 256 g/mol. The first kappa shape index (κ1) is 13.8. The number of carboxylic acids is 1. The van der Waals surface area contributed by atoms with Crippen molar-refractivity contribution in [3.05, 3.63) is 0 Å². The highest BCUT2D eigenvalue weighted by Crippen LogP contribution is 2.34. The van der Waals surface area contributed by atoms with Crippen molar-refractivity contribution in [3.63, 3.8) is 0 Å². The summed E-state index contributed by atoms with van der Waals surface area (Å²) in [5, 5.41) is 9.11. The van der Waals surface area contributed by atoms with E-state index in [9.17, 15) is 13.2 Å². The zero-order chi connectivity index (χ0) is 13.6. The van der Waals surface area contributed by atoms with Crippen molar-refractivity contribution in [2.45, 2.75) is 26.2 Å². The summed E-state index contributed by atoms with van der Waals surface area (Å²) in [6.45, 7) is 2.51. The molecule has 1 N–H and O–H groups in total. The zero-order valence-electron chi connectivity index (χ0n) is 10.8. The normalized spacial score (nSPS) is 29.9. The average Bonchev–Trinajstić information content (AvgIpc) is 2.98. The molecule has 1 unspecified atom stereocenters. The Morgan fingerprint density at radius 3 is 2.56 bits per heavy atom. The second kappa shape index (κ2) is 4.47. The van der Waals surface area contributed by atoms with Crippen molar-refractivity contribution in [2.75, 3.05) is 26.7 Å². The summed E-state index contributed by atoms with van der Waals surface area (Å²) in [7, 11) is -1.92. The molecule has 2 fully saturated rings. The van der Waals surface area contributed by atoms with E-state index in [2.05, 4.69) is 0 Å². The van der Waals surface area contributed by atoms with E-state index in [1.165, 1.54) is 8.61 Å². The van der Waals surface area contributed by atoms with Gasteiger partial charge in [0, 0.05) is 26.7 Å². The number of nitrogens with zero attached hydrogens (tertiary/aromatic N) is 2. The van der Waals surface area contributed by atoms with E-state index in [1.807, 2.05) is 0 Å². The molecule has 1 atom stereocenters. The van der Waals surface area contributed by atoms with Crippen molar-refractivity contribution < 1.29 is 18.3 Å². The van der Waals surface area contributed by atoms with E-state index in [-0.39, 0.29) is 6.54 Å². The summed E-state index contributed by atoms with van der Waals surface area (Å²) in [5.41, 5.74) is -0.951. The quantitative estimate of drug-likeness (QED) is 0.787. The van der Waals surface area contributed by atoms with Crippen LogP contribution in [-0.4, -0.2) is 54.8 Å². The summed E-state index contributed by atoms with van der Waals surface area (Å²) >= 11 is 0. The second-order valence-electron chi connectivity index (χ2n) is 5.68. The van der Waals surface area contributed by atoms with E-state index < -0.39 is 21.6 Å². The number of aliphatic carboxylic acids is 1. The smallest absolute Gasteiger partial charge is 0.310 e. The first-order valence-corrected chi connectivity index (χ1v) is 7.60. The predicted octanol–water partition coefficient (Wildman–Crippen LogP) is 0.370. The third-order valence-corrected chi connectivity index (χ3v) is 5.79. The lowest BCUT2D eigenvalue weighted by molar-refractivity contribution is -0.146. The number of hydrogen-bond donors (Lipinski definition) is 1. The zero-order valence-corrected chi connectivity index (χ0v) is 11.6. The molecule has 7 heteroatoms. The predicted molar refractivity (Wildman–Crippen MR) is 66.2 cm³/mol. The summed E-state index contributed by atoms with van der Waals surface area (Å²) < 4.78 is 27.2. The maximum Gasteiger partial charge on any atom is 0.310 e. The molecule has 1 aliphatic carbocycles. The molecule has 0 spiro atoms. The Morgan fingerprint density at radius 1 is 1.50 bits per heavy atom. The lowest BCUT2D eigenvalue weighted by Gasteiger charge is -2.25. The lowest BCUT2D eigenvalue weighted by atomic mass is 9.90. The van der Waals surface area contributed by atoms with Gasteiger partial charge in [-0.3, -0.25) is 4.79 Å². The molecule has 104 valence electrons. The Bertz CT molecular complexity index is 446. The number of hydrogen-bond acceptors (Lipinski definition) is 3. The van der Waals surface area contributed by atoms with Crippen LogP contribution in [0, 0.1) is 11.3 Å².